The summed E-state index contributed by atoms with van der Waals surface area (Å²) >= 11 is 12.5. The molecule has 4 nitrogen and oxygen atoms in total. The first kappa shape index (κ1) is 22.2. The van der Waals surface area contributed by atoms with Gasteiger partial charge in [0.25, 0.3) is 0 Å². The molecule has 0 atom stereocenters. The molecule has 29 heavy (non-hydrogen) atoms. The van der Waals surface area contributed by atoms with Gasteiger partial charge < -0.3 is 19.3 Å². The molecule has 0 N–H and O–H groups in total. The van der Waals surface area contributed by atoms with E-state index in [4.69, 9.17) is 32.7 Å². The van der Waals surface area contributed by atoms with Crippen molar-refractivity contribution < 1.29 is 9.47 Å². The minimum absolute atomic E-state index is 0.307. The monoisotopic (exact) mass is 436 g/mol. The summed E-state index contributed by atoms with van der Waals surface area (Å²) in [6.07, 6.45) is 2.17. The maximum Gasteiger partial charge on any atom is 0.161 e. The third-order valence-corrected chi connectivity index (χ3v) is 5.99. The molecule has 2 aromatic carbocycles. The van der Waals surface area contributed by atoms with Crippen LogP contribution in [0.25, 0.3) is 0 Å². The molecular formula is C23H30Cl2N2O2. The van der Waals surface area contributed by atoms with Crippen molar-refractivity contribution in [1.82, 2.24) is 9.80 Å². The van der Waals surface area contributed by atoms with E-state index in [1.54, 1.807) is 0 Å². The molecular weight excluding hydrogens is 407 g/mol. The minimum atomic E-state index is 0.307. The van der Waals surface area contributed by atoms with E-state index in [0.29, 0.717) is 29.0 Å². The molecule has 158 valence electrons. The SMILES string of the molecule is CCOc1cc(CCCN2CCN(C)CC2)ccc1OCc1c(Cl)cccc1Cl. The molecule has 0 radical (unpaired) electrons. The maximum absolute atomic E-state index is 6.25. The Morgan fingerprint density at radius 2 is 1.66 bits per heavy atom. The standard InChI is InChI=1S/C23H30Cl2N2O2/c1-3-28-23-16-18(6-5-11-27-14-12-26(2)13-15-27)9-10-22(23)29-17-19-20(24)7-4-8-21(19)25/h4,7-10,16H,3,5-6,11-15,17H2,1-2H3. The highest BCUT2D eigenvalue weighted by molar-refractivity contribution is 6.35. The summed E-state index contributed by atoms with van der Waals surface area (Å²) in [7, 11) is 2.19. The fourth-order valence-corrected chi connectivity index (χ4v) is 4.00. The van der Waals surface area contributed by atoms with E-state index in [0.717, 1.165) is 56.9 Å². The van der Waals surface area contributed by atoms with E-state index < -0.39 is 0 Å². The molecule has 1 fully saturated rings. The fourth-order valence-electron chi connectivity index (χ4n) is 3.49. The van der Waals surface area contributed by atoms with Crippen LogP contribution in [0.2, 0.25) is 10.0 Å². The summed E-state index contributed by atoms with van der Waals surface area (Å²) in [5.74, 6) is 1.48. The van der Waals surface area contributed by atoms with Crippen molar-refractivity contribution in [2.75, 3.05) is 46.4 Å². The van der Waals surface area contributed by atoms with Gasteiger partial charge in [-0.25, -0.2) is 0 Å². The fraction of sp³-hybridized carbons (Fsp3) is 0.478. The van der Waals surface area contributed by atoms with Crippen molar-refractivity contribution in [3.05, 3.63) is 57.6 Å². The van der Waals surface area contributed by atoms with Crippen LogP contribution >= 0.6 is 23.2 Å². The number of hydrogen-bond acceptors (Lipinski definition) is 4. The number of benzene rings is 2. The first-order valence-corrected chi connectivity index (χ1v) is 11.0. The summed E-state index contributed by atoms with van der Waals surface area (Å²) in [5.41, 5.74) is 2.06. The smallest absolute Gasteiger partial charge is 0.161 e. The lowest BCUT2D eigenvalue weighted by atomic mass is 10.1. The van der Waals surface area contributed by atoms with E-state index in [9.17, 15) is 0 Å². The second-order valence-electron chi connectivity index (χ2n) is 7.45. The van der Waals surface area contributed by atoms with Crippen LogP contribution in [0, 0.1) is 0 Å². The van der Waals surface area contributed by atoms with E-state index in [1.165, 1.54) is 5.56 Å². The molecule has 6 heteroatoms. The Morgan fingerprint density at radius 3 is 2.34 bits per heavy atom. The number of aryl methyl sites for hydroxylation is 1. The molecule has 0 amide bonds. The number of ether oxygens (including phenoxy) is 2. The lowest BCUT2D eigenvalue weighted by Gasteiger charge is -2.32. The summed E-state index contributed by atoms with van der Waals surface area (Å²) in [5, 5.41) is 1.21. The van der Waals surface area contributed by atoms with Crippen LogP contribution in [0.5, 0.6) is 11.5 Å². The van der Waals surface area contributed by atoms with Gasteiger partial charge in [0.05, 0.1) is 6.61 Å². The molecule has 0 bridgehead atoms. The van der Waals surface area contributed by atoms with Gasteiger partial charge in [0.1, 0.15) is 6.61 Å². The van der Waals surface area contributed by atoms with Crippen molar-refractivity contribution in [2.45, 2.75) is 26.4 Å². The quantitative estimate of drug-likeness (QED) is 0.542. The number of rotatable bonds is 9. The van der Waals surface area contributed by atoms with Gasteiger partial charge in [0, 0.05) is 41.8 Å². The zero-order chi connectivity index (χ0) is 20.6. The highest BCUT2D eigenvalue weighted by Gasteiger charge is 2.14. The zero-order valence-corrected chi connectivity index (χ0v) is 18.8. The Hall–Kier alpha value is -1.46. The Kier molecular flexibility index (Phi) is 8.49. The molecule has 0 aliphatic carbocycles. The Labute approximate surface area is 184 Å². The maximum atomic E-state index is 6.25. The molecule has 1 aliphatic heterocycles. The highest BCUT2D eigenvalue weighted by atomic mass is 35.5. The van der Waals surface area contributed by atoms with Gasteiger partial charge in [0.15, 0.2) is 11.5 Å². The van der Waals surface area contributed by atoms with Gasteiger partial charge in [-0.3, -0.25) is 0 Å². The molecule has 3 rings (SSSR count). The van der Waals surface area contributed by atoms with Gasteiger partial charge in [-0.2, -0.15) is 0 Å². The molecule has 0 spiro atoms. The van der Waals surface area contributed by atoms with E-state index in [1.807, 2.05) is 31.2 Å². The molecule has 0 aromatic heterocycles. The average Bonchev–Trinajstić information content (AvgIpc) is 2.71. The Morgan fingerprint density at radius 1 is 0.931 bits per heavy atom. The van der Waals surface area contributed by atoms with Crippen molar-refractivity contribution in [3.8, 4) is 11.5 Å². The summed E-state index contributed by atoms with van der Waals surface area (Å²) < 4.78 is 11.8. The predicted molar refractivity (Wildman–Crippen MR) is 121 cm³/mol. The van der Waals surface area contributed by atoms with Crippen LogP contribution < -0.4 is 9.47 Å². The summed E-state index contributed by atoms with van der Waals surface area (Å²) in [4.78, 5) is 4.94. The van der Waals surface area contributed by atoms with Crippen LogP contribution in [-0.4, -0.2) is 56.2 Å². The Balaban J connectivity index is 1.58. The average molecular weight is 437 g/mol. The molecule has 0 unspecified atom stereocenters. The normalized spacial score (nSPS) is 15.4. The summed E-state index contributed by atoms with van der Waals surface area (Å²) in [6, 6.07) is 11.7. The molecule has 2 aromatic rings. The van der Waals surface area contributed by atoms with Gasteiger partial charge in [-0.05, 0) is 63.2 Å². The summed E-state index contributed by atoms with van der Waals surface area (Å²) in [6.45, 7) is 8.67. The minimum Gasteiger partial charge on any atom is -0.490 e. The molecule has 1 heterocycles. The molecule has 0 saturated carbocycles. The van der Waals surface area contributed by atoms with Crippen LogP contribution in [0.4, 0.5) is 0 Å². The van der Waals surface area contributed by atoms with Gasteiger partial charge in [0.2, 0.25) is 0 Å². The van der Waals surface area contributed by atoms with Crippen molar-refractivity contribution in [1.29, 1.82) is 0 Å². The van der Waals surface area contributed by atoms with Crippen LogP contribution in [-0.2, 0) is 13.0 Å². The van der Waals surface area contributed by atoms with Gasteiger partial charge >= 0.3 is 0 Å². The number of likely N-dealkylation sites (N-methyl/N-ethyl adjacent to an activating group) is 1. The molecule has 1 aliphatic rings. The number of nitrogens with zero attached hydrogens (tertiary/aromatic N) is 2. The second-order valence-corrected chi connectivity index (χ2v) is 8.27. The Bertz CT molecular complexity index is 772. The van der Waals surface area contributed by atoms with E-state index in [-0.39, 0.29) is 0 Å². The largest absolute Gasteiger partial charge is 0.490 e. The third-order valence-electron chi connectivity index (χ3n) is 5.28. The van der Waals surface area contributed by atoms with Crippen LogP contribution in [0.1, 0.15) is 24.5 Å². The van der Waals surface area contributed by atoms with Gasteiger partial charge in [-0.1, -0.05) is 35.3 Å². The van der Waals surface area contributed by atoms with Crippen molar-refractivity contribution in [3.63, 3.8) is 0 Å². The van der Waals surface area contributed by atoms with E-state index in [2.05, 4.69) is 29.0 Å². The van der Waals surface area contributed by atoms with Crippen molar-refractivity contribution in [2.24, 2.45) is 0 Å². The lowest BCUT2D eigenvalue weighted by Crippen LogP contribution is -2.44. The topological polar surface area (TPSA) is 24.9 Å². The lowest BCUT2D eigenvalue weighted by molar-refractivity contribution is 0.153. The number of halogens is 2. The third kappa shape index (κ3) is 6.51. The number of hydrogen-bond donors (Lipinski definition) is 0. The van der Waals surface area contributed by atoms with Crippen LogP contribution in [0.3, 0.4) is 0 Å². The van der Waals surface area contributed by atoms with Crippen LogP contribution in [0.15, 0.2) is 36.4 Å². The van der Waals surface area contributed by atoms with Gasteiger partial charge in [-0.15, -0.1) is 0 Å². The van der Waals surface area contributed by atoms with Crippen molar-refractivity contribution >= 4 is 23.2 Å². The first-order chi connectivity index (χ1) is 14.1. The van der Waals surface area contributed by atoms with E-state index >= 15 is 0 Å². The predicted octanol–water partition coefficient (Wildman–Crippen LogP) is 5.15. The zero-order valence-electron chi connectivity index (χ0n) is 17.3. The highest BCUT2D eigenvalue weighted by Crippen LogP contribution is 2.32. The number of piperazine rings is 1. The first-order valence-electron chi connectivity index (χ1n) is 10.3. The molecule has 1 saturated heterocycles. The second kappa shape index (κ2) is 11.1.